The highest BCUT2D eigenvalue weighted by Gasteiger charge is 2.49. The Morgan fingerprint density at radius 3 is 3.05 bits per heavy atom. The van der Waals surface area contributed by atoms with Gasteiger partial charge in [0.2, 0.25) is 0 Å². The van der Waals surface area contributed by atoms with E-state index in [0.717, 1.165) is 30.7 Å². The maximum absolute atomic E-state index is 11.3. The predicted octanol–water partition coefficient (Wildman–Crippen LogP) is 1.17. The fourth-order valence-corrected chi connectivity index (χ4v) is 3.56. The number of hydrogen-bond acceptors (Lipinski definition) is 4. The zero-order chi connectivity index (χ0) is 13.0. The van der Waals surface area contributed by atoms with Crippen LogP contribution in [0.1, 0.15) is 19.3 Å². The van der Waals surface area contributed by atoms with Crippen LogP contribution in [-0.4, -0.2) is 37.8 Å². The Labute approximate surface area is 109 Å². The molecule has 0 radical (unpaired) electrons. The molecule has 4 rings (SSSR count). The molecule has 2 saturated heterocycles. The van der Waals surface area contributed by atoms with Crippen molar-refractivity contribution in [3.63, 3.8) is 0 Å². The van der Waals surface area contributed by atoms with Crippen LogP contribution >= 0.6 is 0 Å². The Morgan fingerprint density at radius 1 is 1.37 bits per heavy atom. The third kappa shape index (κ3) is 1.46. The van der Waals surface area contributed by atoms with Gasteiger partial charge in [-0.05, 0) is 25.3 Å². The summed E-state index contributed by atoms with van der Waals surface area (Å²) in [6, 6.07) is 4.20. The van der Waals surface area contributed by atoms with Crippen LogP contribution in [0.5, 0.6) is 0 Å². The van der Waals surface area contributed by atoms with Gasteiger partial charge >= 0.3 is 5.97 Å². The molecule has 0 spiro atoms. The van der Waals surface area contributed by atoms with Gasteiger partial charge in [-0.25, -0.2) is 9.50 Å². The van der Waals surface area contributed by atoms with Gasteiger partial charge in [-0.15, -0.1) is 0 Å². The van der Waals surface area contributed by atoms with Gasteiger partial charge < -0.3 is 10.0 Å². The minimum Gasteiger partial charge on any atom is -0.481 e. The molecule has 19 heavy (non-hydrogen) atoms. The fourth-order valence-electron chi connectivity index (χ4n) is 3.56. The van der Waals surface area contributed by atoms with Crippen molar-refractivity contribution in [2.45, 2.75) is 31.3 Å². The second kappa shape index (κ2) is 3.69. The largest absolute Gasteiger partial charge is 0.481 e. The van der Waals surface area contributed by atoms with Gasteiger partial charge in [0.15, 0.2) is 5.65 Å². The monoisotopic (exact) mass is 258 g/mol. The molecule has 2 aromatic rings. The van der Waals surface area contributed by atoms with E-state index >= 15 is 0 Å². The summed E-state index contributed by atoms with van der Waals surface area (Å²) in [5, 5.41) is 13.4. The van der Waals surface area contributed by atoms with E-state index in [2.05, 4.69) is 15.0 Å². The Morgan fingerprint density at radius 2 is 2.26 bits per heavy atom. The molecule has 6 nitrogen and oxygen atoms in total. The number of rotatable bonds is 2. The van der Waals surface area contributed by atoms with Crippen LogP contribution in [0.4, 0.5) is 5.82 Å². The highest BCUT2D eigenvalue weighted by atomic mass is 16.4. The van der Waals surface area contributed by atoms with E-state index in [-0.39, 0.29) is 12.0 Å². The minimum atomic E-state index is -0.678. The van der Waals surface area contributed by atoms with Gasteiger partial charge in [0, 0.05) is 24.3 Å². The zero-order valence-electron chi connectivity index (χ0n) is 10.3. The van der Waals surface area contributed by atoms with E-state index < -0.39 is 5.97 Å². The minimum absolute atomic E-state index is 0.0976. The first-order chi connectivity index (χ1) is 9.24. The third-order valence-corrected chi connectivity index (χ3v) is 4.36. The first-order valence-electron chi connectivity index (χ1n) is 6.55. The number of carboxylic acids is 1. The number of aliphatic carboxylic acids is 1. The van der Waals surface area contributed by atoms with Crippen LogP contribution in [0, 0.1) is 5.92 Å². The molecule has 1 N–H and O–H groups in total. The van der Waals surface area contributed by atoms with Gasteiger partial charge in [0.25, 0.3) is 0 Å². The normalized spacial score (nSPS) is 29.3. The maximum Gasteiger partial charge on any atom is 0.308 e. The summed E-state index contributed by atoms with van der Waals surface area (Å²) in [4.78, 5) is 18.1. The molecule has 3 atom stereocenters. The van der Waals surface area contributed by atoms with Crippen molar-refractivity contribution in [3.05, 3.63) is 24.5 Å². The first-order valence-corrected chi connectivity index (χ1v) is 6.55. The molecule has 0 aromatic carbocycles. The SMILES string of the molecule is O=C(O)C1CC2CCC1N2c1ccn2nccc2n1. The molecular formula is C13H14N4O2. The average Bonchev–Trinajstić information content (AvgIpc) is 3.10. The van der Waals surface area contributed by atoms with Crippen molar-refractivity contribution in [1.29, 1.82) is 0 Å². The molecule has 2 aliphatic heterocycles. The average molecular weight is 258 g/mol. The Hall–Kier alpha value is -2.11. The maximum atomic E-state index is 11.3. The second-order valence-corrected chi connectivity index (χ2v) is 5.31. The zero-order valence-corrected chi connectivity index (χ0v) is 10.3. The van der Waals surface area contributed by atoms with Crippen molar-refractivity contribution < 1.29 is 9.90 Å². The number of hydrogen-bond donors (Lipinski definition) is 1. The number of carbonyl (C=O) groups is 1. The number of nitrogens with zero attached hydrogens (tertiary/aromatic N) is 4. The lowest BCUT2D eigenvalue weighted by atomic mass is 9.89. The van der Waals surface area contributed by atoms with Crippen LogP contribution in [0.15, 0.2) is 24.5 Å². The molecule has 6 heteroatoms. The molecule has 3 unspecified atom stereocenters. The number of anilines is 1. The lowest BCUT2D eigenvalue weighted by Gasteiger charge is -2.24. The molecular weight excluding hydrogens is 244 g/mol. The smallest absolute Gasteiger partial charge is 0.308 e. The molecule has 0 amide bonds. The van der Waals surface area contributed by atoms with Crippen molar-refractivity contribution in [2.75, 3.05) is 4.90 Å². The standard InChI is InChI=1S/C13H14N4O2/c18-13(19)9-7-8-1-2-10(9)17(8)12-4-6-16-11(15-12)3-5-14-16/h3-6,8-10H,1-2,7H2,(H,18,19). The molecule has 0 aliphatic carbocycles. The number of aromatic nitrogens is 3. The summed E-state index contributed by atoms with van der Waals surface area (Å²) in [5.74, 6) is -0.0476. The molecule has 2 bridgehead atoms. The number of fused-ring (bicyclic) bond motifs is 3. The highest BCUT2D eigenvalue weighted by Crippen LogP contribution is 2.43. The summed E-state index contributed by atoms with van der Waals surface area (Å²) in [6.07, 6.45) is 6.36. The summed E-state index contributed by atoms with van der Waals surface area (Å²) >= 11 is 0. The second-order valence-electron chi connectivity index (χ2n) is 5.31. The fraction of sp³-hybridized carbons (Fsp3) is 0.462. The highest BCUT2D eigenvalue weighted by molar-refractivity contribution is 5.74. The first kappa shape index (κ1) is 10.8. The quantitative estimate of drug-likeness (QED) is 0.875. The summed E-state index contributed by atoms with van der Waals surface area (Å²) < 4.78 is 1.72. The van der Waals surface area contributed by atoms with Crippen LogP contribution in [0.3, 0.4) is 0 Å². The molecule has 2 fully saturated rings. The van der Waals surface area contributed by atoms with Crippen LogP contribution in [0.2, 0.25) is 0 Å². The lowest BCUT2D eigenvalue weighted by Crippen LogP contribution is -2.33. The molecule has 98 valence electrons. The van der Waals surface area contributed by atoms with Crippen LogP contribution in [0.25, 0.3) is 5.65 Å². The molecule has 2 aromatic heterocycles. The van der Waals surface area contributed by atoms with Gasteiger partial charge in [-0.1, -0.05) is 0 Å². The van der Waals surface area contributed by atoms with E-state index in [1.807, 2.05) is 18.3 Å². The third-order valence-electron chi connectivity index (χ3n) is 4.36. The van der Waals surface area contributed by atoms with Gasteiger partial charge in [-0.2, -0.15) is 5.10 Å². The van der Waals surface area contributed by atoms with Crippen molar-refractivity contribution in [2.24, 2.45) is 5.92 Å². The van der Waals surface area contributed by atoms with Crippen molar-refractivity contribution in [3.8, 4) is 0 Å². The summed E-state index contributed by atoms with van der Waals surface area (Å²) in [5.41, 5.74) is 0.802. The Bertz CT molecular complexity index is 653. The predicted molar refractivity (Wildman–Crippen MR) is 68.0 cm³/mol. The van der Waals surface area contributed by atoms with Gasteiger partial charge in [0.05, 0.1) is 12.1 Å². The molecule has 0 saturated carbocycles. The van der Waals surface area contributed by atoms with E-state index in [1.165, 1.54) is 0 Å². The van der Waals surface area contributed by atoms with E-state index in [1.54, 1.807) is 10.7 Å². The van der Waals surface area contributed by atoms with Crippen molar-refractivity contribution >= 4 is 17.4 Å². The lowest BCUT2D eigenvalue weighted by molar-refractivity contribution is -0.142. The van der Waals surface area contributed by atoms with E-state index in [4.69, 9.17) is 0 Å². The van der Waals surface area contributed by atoms with E-state index in [9.17, 15) is 9.90 Å². The molecule has 4 heterocycles. The summed E-state index contributed by atoms with van der Waals surface area (Å²) in [6.45, 7) is 0. The van der Waals surface area contributed by atoms with Gasteiger partial charge in [0.1, 0.15) is 5.82 Å². The molecule has 2 aliphatic rings. The van der Waals surface area contributed by atoms with Crippen LogP contribution < -0.4 is 4.90 Å². The van der Waals surface area contributed by atoms with E-state index in [0.29, 0.717) is 6.04 Å². The Balaban J connectivity index is 1.74. The van der Waals surface area contributed by atoms with Crippen LogP contribution in [-0.2, 0) is 4.79 Å². The number of carboxylic acid groups (broad SMARTS) is 1. The Kier molecular flexibility index (Phi) is 2.09. The topological polar surface area (TPSA) is 70.7 Å². The summed E-state index contributed by atoms with van der Waals surface area (Å²) in [7, 11) is 0. The van der Waals surface area contributed by atoms with Crippen molar-refractivity contribution in [1.82, 2.24) is 14.6 Å². The van der Waals surface area contributed by atoms with Gasteiger partial charge in [-0.3, -0.25) is 4.79 Å².